The van der Waals surface area contributed by atoms with Gasteiger partial charge in [0.25, 0.3) is 0 Å². The molecule has 1 heterocycles. The average molecular weight is 307 g/mol. The van der Waals surface area contributed by atoms with Gasteiger partial charge in [0.1, 0.15) is 5.92 Å². The maximum atomic E-state index is 12.9. The van der Waals surface area contributed by atoms with Crippen LogP contribution in [0.3, 0.4) is 0 Å². The van der Waals surface area contributed by atoms with E-state index < -0.39 is 0 Å². The number of amides is 1. The molecule has 2 atom stereocenters. The van der Waals surface area contributed by atoms with E-state index in [2.05, 4.69) is 29.7 Å². The number of carbonyl (C=O) groups excluding carboxylic acids is 1. The minimum absolute atomic E-state index is 0.0255. The van der Waals surface area contributed by atoms with Gasteiger partial charge in [-0.25, -0.2) is 0 Å². The fourth-order valence-electron chi connectivity index (χ4n) is 2.90. The van der Waals surface area contributed by atoms with Crippen LogP contribution in [0.5, 0.6) is 0 Å². The second-order valence-electron chi connectivity index (χ2n) is 6.04. The first-order valence-electron chi connectivity index (χ1n) is 7.90. The van der Waals surface area contributed by atoms with Crippen molar-refractivity contribution in [3.63, 3.8) is 0 Å². The van der Waals surface area contributed by atoms with E-state index in [-0.39, 0.29) is 23.8 Å². The summed E-state index contributed by atoms with van der Waals surface area (Å²) in [6.45, 7) is 4.13. The molecule has 0 fully saturated rings. The second kappa shape index (κ2) is 6.65. The van der Waals surface area contributed by atoms with Gasteiger partial charge >= 0.3 is 0 Å². The Labute approximate surface area is 136 Å². The van der Waals surface area contributed by atoms with E-state index in [1.165, 1.54) is 0 Å². The number of rotatable bonds is 4. The molecule has 0 saturated heterocycles. The maximum absolute atomic E-state index is 12.9. The second-order valence-corrected chi connectivity index (χ2v) is 6.04. The Morgan fingerprint density at radius 3 is 2.26 bits per heavy atom. The molecule has 2 unspecified atom stereocenters. The minimum atomic E-state index is -0.308. The van der Waals surface area contributed by atoms with E-state index in [0.29, 0.717) is 0 Å². The zero-order chi connectivity index (χ0) is 16.2. The molecule has 0 saturated carbocycles. The molecular weight excluding hydrogens is 286 g/mol. The molecule has 4 nitrogen and oxygen atoms in total. The van der Waals surface area contributed by atoms with Crippen LogP contribution in [0.4, 0.5) is 5.69 Å². The summed E-state index contributed by atoms with van der Waals surface area (Å²) < 4.78 is 0. The fourth-order valence-corrected chi connectivity index (χ4v) is 2.90. The Balaban J connectivity index is 1.87. The van der Waals surface area contributed by atoms with Crippen LogP contribution < -0.4 is 10.7 Å². The van der Waals surface area contributed by atoms with Gasteiger partial charge in [0.15, 0.2) is 0 Å². The summed E-state index contributed by atoms with van der Waals surface area (Å²) >= 11 is 0. The Bertz CT molecular complexity index is 695. The molecule has 3 rings (SSSR count). The topological polar surface area (TPSA) is 53.5 Å². The number of nitrogens with one attached hydrogen (secondary N) is 2. The highest BCUT2D eigenvalue weighted by Crippen LogP contribution is 2.31. The number of carbonyl (C=O) groups is 1. The van der Waals surface area contributed by atoms with Gasteiger partial charge in [-0.1, -0.05) is 62.4 Å². The quantitative estimate of drug-likeness (QED) is 0.907. The van der Waals surface area contributed by atoms with Crippen LogP contribution in [-0.4, -0.2) is 11.6 Å². The average Bonchev–Trinajstić information content (AvgIpc) is 3.02. The van der Waals surface area contributed by atoms with Gasteiger partial charge in [-0.3, -0.25) is 4.79 Å². The molecule has 2 N–H and O–H groups in total. The first-order chi connectivity index (χ1) is 11.2. The molecule has 23 heavy (non-hydrogen) atoms. The number of hydrogen-bond acceptors (Lipinski definition) is 3. The molecule has 0 aromatic heterocycles. The van der Waals surface area contributed by atoms with Crippen LogP contribution in [0.1, 0.15) is 25.5 Å². The van der Waals surface area contributed by atoms with Gasteiger partial charge in [-0.05, 0) is 23.6 Å². The standard InChI is InChI=1S/C19H21N3O/c1-13(2)17-16(19(23)20-15-11-7-4-8-12-15)18(22-21-17)14-9-5-3-6-10-14/h3-13,16,18,22H,1-2H3,(H,20,23). The Kier molecular flexibility index (Phi) is 4.42. The number of benzene rings is 2. The van der Waals surface area contributed by atoms with Crippen molar-refractivity contribution in [2.24, 2.45) is 16.9 Å². The lowest BCUT2D eigenvalue weighted by molar-refractivity contribution is -0.118. The molecule has 4 heteroatoms. The smallest absolute Gasteiger partial charge is 0.235 e. The summed E-state index contributed by atoms with van der Waals surface area (Å²) in [6.07, 6.45) is 0. The molecule has 1 aliphatic heterocycles. The van der Waals surface area contributed by atoms with Crippen LogP contribution in [0, 0.1) is 11.8 Å². The molecule has 1 aliphatic rings. The SMILES string of the molecule is CC(C)C1=NNC(c2ccccc2)C1C(=O)Nc1ccccc1. The lowest BCUT2D eigenvalue weighted by Crippen LogP contribution is -2.35. The van der Waals surface area contributed by atoms with Crippen LogP contribution in [0.2, 0.25) is 0 Å². The van der Waals surface area contributed by atoms with Gasteiger partial charge in [0, 0.05) is 5.69 Å². The number of anilines is 1. The molecule has 0 aliphatic carbocycles. The number of para-hydroxylation sites is 1. The number of hydrazone groups is 1. The Hall–Kier alpha value is -2.62. The van der Waals surface area contributed by atoms with E-state index >= 15 is 0 Å². The van der Waals surface area contributed by atoms with Crippen molar-refractivity contribution in [1.82, 2.24) is 5.43 Å². The van der Waals surface area contributed by atoms with Crippen LogP contribution in [-0.2, 0) is 4.79 Å². The number of nitrogens with zero attached hydrogens (tertiary/aromatic N) is 1. The molecule has 2 aromatic rings. The van der Waals surface area contributed by atoms with Crippen LogP contribution in [0.25, 0.3) is 0 Å². The summed E-state index contributed by atoms with van der Waals surface area (Å²) in [4.78, 5) is 12.9. The monoisotopic (exact) mass is 307 g/mol. The highest BCUT2D eigenvalue weighted by Gasteiger charge is 2.39. The lowest BCUT2D eigenvalue weighted by atomic mass is 9.85. The van der Waals surface area contributed by atoms with Crippen molar-refractivity contribution in [2.75, 3.05) is 5.32 Å². The largest absolute Gasteiger partial charge is 0.325 e. The van der Waals surface area contributed by atoms with E-state index in [9.17, 15) is 4.79 Å². The van der Waals surface area contributed by atoms with Crippen LogP contribution in [0.15, 0.2) is 65.8 Å². The minimum Gasteiger partial charge on any atom is -0.325 e. The normalized spacial score (nSPS) is 20.0. The fraction of sp³-hybridized carbons (Fsp3) is 0.263. The van der Waals surface area contributed by atoms with Crippen molar-refractivity contribution < 1.29 is 4.79 Å². The van der Waals surface area contributed by atoms with Crippen molar-refractivity contribution in [3.8, 4) is 0 Å². The summed E-state index contributed by atoms with van der Waals surface area (Å²) in [6, 6.07) is 19.4. The van der Waals surface area contributed by atoms with Crippen molar-refractivity contribution in [3.05, 3.63) is 66.2 Å². The van der Waals surface area contributed by atoms with Crippen molar-refractivity contribution in [2.45, 2.75) is 19.9 Å². The first kappa shape index (κ1) is 15.3. The maximum Gasteiger partial charge on any atom is 0.235 e. The predicted molar refractivity (Wildman–Crippen MR) is 93.2 cm³/mol. The summed E-state index contributed by atoms with van der Waals surface area (Å²) in [5, 5.41) is 7.45. The highest BCUT2D eigenvalue weighted by atomic mass is 16.2. The third kappa shape index (κ3) is 3.26. The van der Waals surface area contributed by atoms with Gasteiger partial charge in [0.05, 0.1) is 11.8 Å². The zero-order valence-corrected chi connectivity index (χ0v) is 13.4. The molecule has 0 spiro atoms. The summed E-state index contributed by atoms with van der Waals surface area (Å²) in [5.41, 5.74) is 5.92. The summed E-state index contributed by atoms with van der Waals surface area (Å²) in [7, 11) is 0. The third-order valence-corrected chi connectivity index (χ3v) is 4.06. The number of hydrogen-bond donors (Lipinski definition) is 2. The third-order valence-electron chi connectivity index (χ3n) is 4.06. The van der Waals surface area contributed by atoms with Gasteiger partial charge in [-0.15, -0.1) is 0 Å². The first-order valence-corrected chi connectivity index (χ1v) is 7.90. The van der Waals surface area contributed by atoms with Crippen molar-refractivity contribution >= 4 is 17.3 Å². The van der Waals surface area contributed by atoms with E-state index in [0.717, 1.165) is 17.0 Å². The van der Waals surface area contributed by atoms with E-state index in [1.54, 1.807) is 0 Å². The molecule has 0 radical (unpaired) electrons. The highest BCUT2D eigenvalue weighted by molar-refractivity contribution is 6.11. The molecular formula is C19H21N3O. The van der Waals surface area contributed by atoms with Gasteiger partial charge in [-0.2, -0.15) is 5.10 Å². The lowest BCUT2D eigenvalue weighted by Gasteiger charge is -2.22. The molecule has 2 aromatic carbocycles. The Morgan fingerprint density at radius 1 is 1.04 bits per heavy atom. The zero-order valence-electron chi connectivity index (χ0n) is 13.4. The van der Waals surface area contributed by atoms with E-state index in [1.807, 2.05) is 60.7 Å². The van der Waals surface area contributed by atoms with Crippen LogP contribution >= 0.6 is 0 Å². The molecule has 118 valence electrons. The van der Waals surface area contributed by atoms with Gasteiger partial charge < -0.3 is 10.7 Å². The molecule has 1 amide bonds. The van der Waals surface area contributed by atoms with Gasteiger partial charge in [0.2, 0.25) is 5.91 Å². The Morgan fingerprint density at radius 2 is 1.65 bits per heavy atom. The summed E-state index contributed by atoms with van der Waals surface area (Å²) in [5.74, 6) is -0.122. The van der Waals surface area contributed by atoms with E-state index in [4.69, 9.17) is 0 Å². The predicted octanol–water partition coefficient (Wildman–Crippen LogP) is 3.60. The molecule has 0 bridgehead atoms. The van der Waals surface area contributed by atoms with Crippen molar-refractivity contribution in [1.29, 1.82) is 0 Å².